The maximum Gasteiger partial charge on any atom is 0.182 e. The van der Waals surface area contributed by atoms with Crippen LogP contribution in [0.3, 0.4) is 0 Å². The lowest BCUT2D eigenvalue weighted by atomic mass is 10.1. The van der Waals surface area contributed by atoms with Crippen molar-refractivity contribution < 1.29 is 9.53 Å². The van der Waals surface area contributed by atoms with Gasteiger partial charge in [0.2, 0.25) is 0 Å². The van der Waals surface area contributed by atoms with Crippen molar-refractivity contribution in [2.45, 2.75) is 6.54 Å². The molecule has 1 aromatic heterocycles. The molecule has 1 aromatic carbocycles. The fraction of sp³-hybridized carbons (Fsp3) is 0.143. The molecule has 0 atom stereocenters. The maximum atomic E-state index is 12.2. The van der Waals surface area contributed by atoms with Crippen molar-refractivity contribution in [3.63, 3.8) is 0 Å². The number of benzene rings is 1. The zero-order chi connectivity index (χ0) is 15.4. The highest BCUT2D eigenvalue weighted by Gasteiger charge is 2.15. The molecule has 0 saturated carbocycles. The molecular formula is C14H9BrN4O2. The molecule has 0 unspecified atom stereocenters. The minimum Gasteiger partial charge on any atom is -0.496 e. The highest BCUT2D eigenvalue weighted by Crippen LogP contribution is 2.25. The number of ether oxygens (including phenoxy) is 1. The summed E-state index contributed by atoms with van der Waals surface area (Å²) in [4.78, 5) is 16.0. The molecule has 0 saturated heterocycles. The molecule has 0 aliphatic rings. The normalized spacial score (nSPS) is 9.71. The van der Waals surface area contributed by atoms with Crippen LogP contribution in [-0.2, 0) is 6.54 Å². The molecule has 0 fully saturated rings. The fourth-order valence-corrected chi connectivity index (χ4v) is 2.33. The van der Waals surface area contributed by atoms with E-state index in [-0.39, 0.29) is 23.7 Å². The summed E-state index contributed by atoms with van der Waals surface area (Å²) in [6.45, 7) is -0.0592. The van der Waals surface area contributed by atoms with Crippen molar-refractivity contribution in [3.05, 3.63) is 46.0 Å². The average molecular weight is 345 g/mol. The molecule has 0 aliphatic heterocycles. The van der Waals surface area contributed by atoms with E-state index in [9.17, 15) is 4.79 Å². The van der Waals surface area contributed by atoms with Crippen LogP contribution in [0.2, 0.25) is 0 Å². The van der Waals surface area contributed by atoms with Crippen molar-refractivity contribution in [2.24, 2.45) is 0 Å². The number of Topliss-reactive ketones (excluding diaryl/α,β-unsaturated/α-hetero) is 1. The van der Waals surface area contributed by atoms with Crippen LogP contribution in [-0.4, -0.2) is 22.4 Å². The average Bonchev–Trinajstić information content (AvgIpc) is 2.88. The summed E-state index contributed by atoms with van der Waals surface area (Å²) in [6.07, 6.45) is 1.31. The van der Waals surface area contributed by atoms with Gasteiger partial charge in [-0.15, -0.1) is 0 Å². The lowest BCUT2D eigenvalue weighted by Crippen LogP contribution is -2.11. The molecule has 0 N–H and O–H groups in total. The highest BCUT2D eigenvalue weighted by atomic mass is 79.9. The number of hydrogen-bond donors (Lipinski definition) is 0. The maximum absolute atomic E-state index is 12.2. The quantitative estimate of drug-likeness (QED) is 0.793. The number of hydrogen-bond acceptors (Lipinski definition) is 5. The van der Waals surface area contributed by atoms with Crippen LogP contribution >= 0.6 is 15.9 Å². The Bertz CT molecular complexity index is 783. The van der Waals surface area contributed by atoms with Gasteiger partial charge in [0.05, 0.1) is 24.5 Å². The van der Waals surface area contributed by atoms with Crippen molar-refractivity contribution in [3.8, 4) is 17.9 Å². The lowest BCUT2D eigenvalue weighted by molar-refractivity contribution is 0.0971. The molecule has 2 rings (SSSR count). The summed E-state index contributed by atoms with van der Waals surface area (Å²) < 4.78 is 7.13. The van der Waals surface area contributed by atoms with E-state index in [0.717, 1.165) is 0 Å². The van der Waals surface area contributed by atoms with Gasteiger partial charge in [-0.1, -0.05) is 0 Å². The van der Waals surface area contributed by atoms with Crippen molar-refractivity contribution in [2.75, 3.05) is 7.11 Å². The van der Waals surface area contributed by atoms with Gasteiger partial charge in [-0.2, -0.15) is 10.5 Å². The lowest BCUT2D eigenvalue weighted by Gasteiger charge is -2.07. The molecule has 0 amide bonds. The summed E-state index contributed by atoms with van der Waals surface area (Å²) in [5.41, 5.74) is 0.568. The first-order chi connectivity index (χ1) is 10.1. The Labute approximate surface area is 129 Å². The summed E-state index contributed by atoms with van der Waals surface area (Å²) in [5.74, 6) is 0.426. The first-order valence-corrected chi connectivity index (χ1v) is 6.62. The number of methoxy groups -OCH3 is 1. The van der Waals surface area contributed by atoms with Gasteiger partial charge in [-0.3, -0.25) is 4.79 Å². The molecule has 7 heteroatoms. The second kappa shape index (κ2) is 6.21. The Kier molecular flexibility index (Phi) is 4.36. The second-order valence-electron chi connectivity index (χ2n) is 4.07. The summed E-state index contributed by atoms with van der Waals surface area (Å²) in [7, 11) is 1.54. The summed E-state index contributed by atoms with van der Waals surface area (Å²) in [5, 5.41) is 17.8. The van der Waals surface area contributed by atoms with Gasteiger partial charge in [-0.05, 0) is 34.1 Å². The third kappa shape index (κ3) is 2.93. The Balaban J connectivity index is 2.27. The SMILES string of the molecule is COc1ccc(C(=O)Cn2cnc(C#N)c2C#N)cc1Br. The van der Waals surface area contributed by atoms with Gasteiger partial charge >= 0.3 is 0 Å². The van der Waals surface area contributed by atoms with E-state index in [4.69, 9.17) is 15.3 Å². The van der Waals surface area contributed by atoms with Crippen molar-refractivity contribution in [1.82, 2.24) is 9.55 Å². The second-order valence-corrected chi connectivity index (χ2v) is 4.92. The van der Waals surface area contributed by atoms with Gasteiger partial charge in [0.1, 0.15) is 17.9 Å². The number of nitriles is 2. The molecule has 0 aliphatic carbocycles. The third-order valence-corrected chi connectivity index (χ3v) is 3.46. The number of carbonyl (C=O) groups excluding carboxylic acids is 1. The summed E-state index contributed by atoms with van der Waals surface area (Å²) >= 11 is 3.31. The van der Waals surface area contributed by atoms with Crippen LogP contribution < -0.4 is 4.74 Å². The molecule has 0 spiro atoms. The van der Waals surface area contributed by atoms with Crippen molar-refractivity contribution >= 4 is 21.7 Å². The van der Waals surface area contributed by atoms with E-state index in [1.54, 1.807) is 18.2 Å². The predicted molar refractivity (Wildman–Crippen MR) is 76.7 cm³/mol. The Morgan fingerprint density at radius 3 is 2.76 bits per heavy atom. The zero-order valence-electron chi connectivity index (χ0n) is 11.0. The number of imidazole rings is 1. The number of aromatic nitrogens is 2. The first kappa shape index (κ1) is 14.8. The number of ketones is 1. The smallest absolute Gasteiger partial charge is 0.182 e. The minimum absolute atomic E-state index is 0.0150. The van der Waals surface area contributed by atoms with E-state index in [0.29, 0.717) is 15.8 Å². The van der Waals surface area contributed by atoms with Crippen LogP contribution in [0, 0.1) is 22.7 Å². The molecule has 0 bridgehead atoms. The van der Waals surface area contributed by atoms with E-state index < -0.39 is 0 Å². The molecule has 104 valence electrons. The van der Waals surface area contributed by atoms with E-state index in [2.05, 4.69) is 20.9 Å². The van der Waals surface area contributed by atoms with Gasteiger partial charge in [0.25, 0.3) is 0 Å². The Morgan fingerprint density at radius 2 is 2.19 bits per heavy atom. The van der Waals surface area contributed by atoms with Crippen LogP contribution in [0.5, 0.6) is 5.75 Å². The van der Waals surface area contributed by atoms with Gasteiger partial charge in [-0.25, -0.2) is 4.98 Å². The summed E-state index contributed by atoms with van der Waals surface area (Å²) in [6, 6.07) is 8.66. The van der Waals surface area contributed by atoms with Crippen LogP contribution in [0.1, 0.15) is 21.7 Å². The fourth-order valence-electron chi connectivity index (χ4n) is 1.79. The molecule has 1 heterocycles. The number of halogens is 1. The first-order valence-electron chi connectivity index (χ1n) is 5.82. The van der Waals surface area contributed by atoms with Gasteiger partial charge in [0.15, 0.2) is 17.2 Å². The van der Waals surface area contributed by atoms with Gasteiger partial charge in [0, 0.05) is 5.56 Å². The standard InChI is InChI=1S/C14H9BrN4O2/c1-21-14-3-2-9(4-10(14)15)13(20)7-19-8-18-11(5-16)12(19)6-17/h2-4,8H,7H2,1H3. The third-order valence-electron chi connectivity index (χ3n) is 2.84. The minimum atomic E-state index is -0.197. The Morgan fingerprint density at radius 1 is 1.43 bits per heavy atom. The molecule has 21 heavy (non-hydrogen) atoms. The Hall–Kier alpha value is -2.64. The number of rotatable bonds is 4. The van der Waals surface area contributed by atoms with Crippen LogP contribution in [0.4, 0.5) is 0 Å². The van der Waals surface area contributed by atoms with Gasteiger partial charge < -0.3 is 9.30 Å². The topological polar surface area (TPSA) is 91.7 Å². The predicted octanol–water partition coefficient (Wildman–Crippen LogP) is 2.28. The van der Waals surface area contributed by atoms with Crippen molar-refractivity contribution in [1.29, 1.82) is 10.5 Å². The van der Waals surface area contributed by atoms with E-state index in [1.165, 1.54) is 18.0 Å². The largest absolute Gasteiger partial charge is 0.496 e. The number of carbonyl (C=O) groups is 1. The zero-order valence-corrected chi connectivity index (χ0v) is 12.6. The monoisotopic (exact) mass is 344 g/mol. The molecule has 6 nitrogen and oxygen atoms in total. The van der Waals surface area contributed by atoms with Crippen LogP contribution in [0.25, 0.3) is 0 Å². The highest BCUT2D eigenvalue weighted by molar-refractivity contribution is 9.10. The van der Waals surface area contributed by atoms with Crippen LogP contribution in [0.15, 0.2) is 29.0 Å². The van der Waals surface area contributed by atoms with E-state index in [1.807, 2.05) is 12.1 Å². The molecule has 2 aromatic rings. The molecular weight excluding hydrogens is 336 g/mol. The molecule has 0 radical (unpaired) electrons. The van der Waals surface area contributed by atoms with E-state index >= 15 is 0 Å². The number of nitrogens with zero attached hydrogens (tertiary/aromatic N) is 4.